The topological polar surface area (TPSA) is 63.5 Å². The number of benzene rings is 1. The second-order valence-corrected chi connectivity index (χ2v) is 5.87. The monoisotopic (exact) mass is 356 g/mol. The first-order chi connectivity index (χ1) is 11.7. The van der Waals surface area contributed by atoms with E-state index in [0.29, 0.717) is 25.2 Å². The molecule has 5 nitrogen and oxygen atoms in total. The van der Waals surface area contributed by atoms with Gasteiger partial charge in [-0.3, -0.25) is 14.9 Å². The smallest absolute Gasteiger partial charge is 0.375 e. The summed E-state index contributed by atoms with van der Waals surface area (Å²) in [5, 5.41) is 11.1. The third kappa shape index (κ3) is 4.37. The summed E-state index contributed by atoms with van der Waals surface area (Å²) in [6, 6.07) is 1.99. The van der Waals surface area contributed by atoms with Crippen LogP contribution >= 0.6 is 0 Å². The second kappa shape index (κ2) is 7.25. The Morgan fingerprint density at radius 1 is 1.32 bits per heavy atom. The van der Waals surface area contributed by atoms with Crippen molar-refractivity contribution in [2.24, 2.45) is 5.92 Å². The van der Waals surface area contributed by atoms with E-state index in [1.165, 1.54) is 6.08 Å². The first-order valence-electron chi connectivity index (χ1n) is 8.05. The van der Waals surface area contributed by atoms with Gasteiger partial charge in [-0.25, -0.2) is 0 Å². The minimum absolute atomic E-state index is 0.234. The molecular formula is C17H19F3N2O3. The average Bonchev–Trinajstić information content (AvgIpc) is 3.38. The molecule has 0 spiro atoms. The van der Waals surface area contributed by atoms with Crippen LogP contribution in [0.2, 0.25) is 0 Å². The lowest BCUT2D eigenvalue weighted by Crippen LogP contribution is -2.24. The van der Waals surface area contributed by atoms with E-state index in [1.54, 1.807) is 0 Å². The molecule has 1 fully saturated rings. The maximum absolute atomic E-state index is 12.8. The molecule has 1 aliphatic rings. The summed E-state index contributed by atoms with van der Waals surface area (Å²) in [6.07, 6.45) is -1.50. The van der Waals surface area contributed by atoms with E-state index in [-0.39, 0.29) is 11.5 Å². The number of hydrogen-bond acceptors (Lipinski definition) is 4. The lowest BCUT2D eigenvalue weighted by Gasteiger charge is -2.24. The molecule has 0 amide bonds. The van der Waals surface area contributed by atoms with Crippen LogP contribution in [-0.2, 0) is 6.18 Å². The maximum atomic E-state index is 12.8. The lowest BCUT2D eigenvalue weighted by atomic mass is 10.0. The van der Waals surface area contributed by atoms with Gasteiger partial charge in [0.1, 0.15) is 0 Å². The summed E-state index contributed by atoms with van der Waals surface area (Å²) in [5.41, 5.74) is -1.51. The van der Waals surface area contributed by atoms with E-state index in [9.17, 15) is 28.1 Å². The van der Waals surface area contributed by atoms with Crippen LogP contribution in [-0.4, -0.2) is 28.7 Å². The number of allylic oxidation sites excluding steroid dienone is 2. The molecule has 25 heavy (non-hydrogen) atoms. The fraction of sp³-hybridized carbons (Fsp3) is 0.471. The number of rotatable bonds is 7. The van der Waals surface area contributed by atoms with Gasteiger partial charge >= 0.3 is 6.18 Å². The minimum atomic E-state index is -4.71. The van der Waals surface area contributed by atoms with Crippen LogP contribution in [0.25, 0.3) is 0 Å². The number of carbonyl (C=O) groups is 1. The molecule has 0 saturated heterocycles. The zero-order valence-corrected chi connectivity index (χ0v) is 14.0. The van der Waals surface area contributed by atoms with E-state index in [0.717, 1.165) is 24.6 Å². The molecule has 8 heteroatoms. The lowest BCUT2D eigenvalue weighted by molar-refractivity contribution is -0.385. The van der Waals surface area contributed by atoms with E-state index in [2.05, 4.69) is 0 Å². The zero-order valence-electron chi connectivity index (χ0n) is 14.0. The van der Waals surface area contributed by atoms with Gasteiger partial charge in [0.05, 0.1) is 16.1 Å². The van der Waals surface area contributed by atoms with Crippen LogP contribution in [0.15, 0.2) is 30.0 Å². The summed E-state index contributed by atoms with van der Waals surface area (Å²) >= 11 is 0. The third-order valence-electron chi connectivity index (χ3n) is 4.19. The van der Waals surface area contributed by atoms with Crippen LogP contribution in [0, 0.1) is 16.0 Å². The predicted octanol–water partition coefficient (Wildman–Crippen LogP) is 4.43. The molecule has 0 heterocycles. The summed E-state index contributed by atoms with van der Waals surface area (Å²) in [4.78, 5) is 24.7. The van der Waals surface area contributed by atoms with Crippen LogP contribution in [0.4, 0.5) is 18.9 Å². The second-order valence-electron chi connectivity index (χ2n) is 5.87. The molecule has 136 valence electrons. The van der Waals surface area contributed by atoms with Crippen molar-refractivity contribution in [2.45, 2.75) is 32.9 Å². The summed E-state index contributed by atoms with van der Waals surface area (Å²) < 4.78 is 38.3. The van der Waals surface area contributed by atoms with Crippen molar-refractivity contribution in [3.8, 4) is 0 Å². The van der Waals surface area contributed by atoms with Crippen molar-refractivity contribution in [3.63, 3.8) is 0 Å². The van der Waals surface area contributed by atoms with Gasteiger partial charge < -0.3 is 4.90 Å². The van der Waals surface area contributed by atoms with Crippen LogP contribution in [0.3, 0.4) is 0 Å². The van der Waals surface area contributed by atoms with Crippen LogP contribution in [0.5, 0.6) is 0 Å². The average molecular weight is 356 g/mol. The SMILES string of the molecule is CCN(CC)/C(=C\C(=O)c1ccc(C(F)(F)F)cc1[N+](=O)[O-])C1CC1. The van der Waals surface area contributed by atoms with E-state index in [4.69, 9.17) is 0 Å². The zero-order chi connectivity index (χ0) is 18.8. The highest BCUT2D eigenvalue weighted by Gasteiger charge is 2.34. The molecule has 0 aromatic heterocycles. The Balaban J connectivity index is 2.44. The van der Waals surface area contributed by atoms with Crippen molar-refractivity contribution < 1.29 is 22.9 Å². The van der Waals surface area contributed by atoms with Gasteiger partial charge in [-0.15, -0.1) is 0 Å². The Kier molecular flexibility index (Phi) is 5.49. The van der Waals surface area contributed by atoms with E-state index < -0.39 is 28.1 Å². The molecule has 1 aromatic carbocycles. The van der Waals surface area contributed by atoms with Gasteiger partial charge in [0.2, 0.25) is 0 Å². The van der Waals surface area contributed by atoms with E-state index >= 15 is 0 Å². The molecule has 2 rings (SSSR count). The van der Waals surface area contributed by atoms with Crippen molar-refractivity contribution in [2.75, 3.05) is 13.1 Å². The number of nitro groups is 1. The third-order valence-corrected chi connectivity index (χ3v) is 4.19. The van der Waals surface area contributed by atoms with Crippen molar-refractivity contribution >= 4 is 11.5 Å². The molecule has 1 aliphatic carbocycles. The van der Waals surface area contributed by atoms with Gasteiger partial charge in [0.25, 0.3) is 5.69 Å². The first kappa shape index (κ1) is 19.0. The van der Waals surface area contributed by atoms with Crippen LogP contribution < -0.4 is 0 Å². The molecular weight excluding hydrogens is 337 g/mol. The largest absolute Gasteiger partial charge is 0.416 e. The normalized spacial score (nSPS) is 15.2. The highest BCUT2D eigenvalue weighted by atomic mass is 19.4. The van der Waals surface area contributed by atoms with Gasteiger partial charge in [-0.1, -0.05) is 0 Å². The molecule has 0 N–H and O–H groups in total. The first-order valence-corrected chi connectivity index (χ1v) is 8.05. The Bertz CT molecular complexity index is 706. The van der Waals surface area contributed by atoms with Gasteiger partial charge in [-0.05, 0) is 44.7 Å². The molecule has 0 atom stereocenters. The van der Waals surface area contributed by atoms with Gasteiger partial charge in [-0.2, -0.15) is 13.2 Å². The van der Waals surface area contributed by atoms with Crippen molar-refractivity contribution in [3.05, 3.63) is 51.2 Å². The number of nitrogens with zero attached hydrogens (tertiary/aromatic N) is 2. The Morgan fingerprint density at radius 2 is 1.92 bits per heavy atom. The molecule has 0 unspecified atom stereocenters. The fourth-order valence-electron chi connectivity index (χ4n) is 2.71. The van der Waals surface area contributed by atoms with Crippen LogP contribution in [0.1, 0.15) is 42.6 Å². The summed E-state index contributed by atoms with van der Waals surface area (Å²) in [7, 11) is 0. The number of hydrogen-bond donors (Lipinski definition) is 0. The Hall–Kier alpha value is -2.38. The highest BCUT2D eigenvalue weighted by Crippen LogP contribution is 2.39. The molecule has 0 bridgehead atoms. The predicted molar refractivity (Wildman–Crippen MR) is 86.2 cm³/mol. The van der Waals surface area contributed by atoms with Crippen molar-refractivity contribution in [1.29, 1.82) is 0 Å². The molecule has 1 aromatic rings. The van der Waals surface area contributed by atoms with Gasteiger partial charge in [0, 0.05) is 30.9 Å². The number of carbonyl (C=O) groups excluding carboxylic acids is 1. The minimum Gasteiger partial charge on any atom is -0.375 e. The number of ketones is 1. The Labute approximate surface area is 143 Å². The molecule has 1 saturated carbocycles. The molecule has 0 aliphatic heterocycles. The summed E-state index contributed by atoms with van der Waals surface area (Å²) in [5.74, 6) is -0.411. The number of alkyl halides is 3. The maximum Gasteiger partial charge on any atom is 0.416 e. The van der Waals surface area contributed by atoms with E-state index in [1.807, 2.05) is 18.7 Å². The quantitative estimate of drug-likeness (QED) is 0.314. The number of halogens is 3. The summed E-state index contributed by atoms with van der Waals surface area (Å²) in [6.45, 7) is 5.23. The van der Waals surface area contributed by atoms with Crippen molar-refractivity contribution in [1.82, 2.24) is 4.90 Å². The number of nitro benzene ring substituents is 1. The molecule has 0 radical (unpaired) electrons. The Morgan fingerprint density at radius 3 is 2.36 bits per heavy atom. The highest BCUT2D eigenvalue weighted by molar-refractivity contribution is 6.07. The van der Waals surface area contributed by atoms with Gasteiger partial charge in [0.15, 0.2) is 5.78 Å². The fourth-order valence-corrected chi connectivity index (χ4v) is 2.71. The standard InChI is InChI=1S/C17H19F3N2O3/c1-3-21(4-2)14(11-5-6-11)10-16(23)13-8-7-12(17(18,19)20)9-15(13)22(24)25/h7-11H,3-6H2,1-2H3/b14-10-.